The van der Waals surface area contributed by atoms with Gasteiger partial charge in [0, 0.05) is 31.8 Å². The topological polar surface area (TPSA) is 37.6 Å². The summed E-state index contributed by atoms with van der Waals surface area (Å²) in [4.78, 5) is 2.41. The minimum Gasteiger partial charge on any atom is -0.468 e. The predicted octanol–water partition coefficient (Wildman–Crippen LogP) is 2.00. The van der Waals surface area contributed by atoms with Crippen molar-refractivity contribution in [1.82, 2.24) is 10.2 Å². The predicted molar refractivity (Wildman–Crippen MR) is 71.4 cm³/mol. The van der Waals surface area contributed by atoms with E-state index in [0.717, 1.165) is 51.5 Å². The van der Waals surface area contributed by atoms with Gasteiger partial charge in [-0.05, 0) is 26.0 Å². The molecular formula is C14H24N2O2. The summed E-state index contributed by atoms with van der Waals surface area (Å²) in [5.74, 6) is 1.05. The van der Waals surface area contributed by atoms with Crippen molar-refractivity contribution < 1.29 is 9.15 Å². The first-order chi connectivity index (χ1) is 8.78. The van der Waals surface area contributed by atoms with Gasteiger partial charge in [-0.3, -0.25) is 4.90 Å². The van der Waals surface area contributed by atoms with Crippen LogP contribution in [0.5, 0.6) is 0 Å². The Morgan fingerprint density at radius 2 is 2.39 bits per heavy atom. The second-order valence-electron chi connectivity index (χ2n) is 4.97. The molecule has 0 bridgehead atoms. The van der Waals surface area contributed by atoms with Gasteiger partial charge in [0.1, 0.15) is 5.76 Å². The third-order valence-electron chi connectivity index (χ3n) is 3.20. The molecule has 1 unspecified atom stereocenters. The summed E-state index contributed by atoms with van der Waals surface area (Å²) < 4.78 is 11.3. The van der Waals surface area contributed by atoms with Crippen molar-refractivity contribution in [2.45, 2.75) is 39.5 Å². The van der Waals surface area contributed by atoms with Crippen LogP contribution in [0.4, 0.5) is 0 Å². The summed E-state index contributed by atoms with van der Waals surface area (Å²) in [6.07, 6.45) is 3.29. The van der Waals surface area contributed by atoms with Gasteiger partial charge in [-0.15, -0.1) is 0 Å². The first-order valence-electron chi connectivity index (χ1n) is 6.89. The molecule has 4 heteroatoms. The standard InChI is InChI=1S/C14H24N2O2/c1-3-15-8-13-7-14(18-11-13)10-16-5-4-6-17-12(2)9-16/h7,11-12,15H,3-6,8-10H2,1-2H3. The minimum atomic E-state index is 0.323. The monoisotopic (exact) mass is 252 g/mol. The van der Waals surface area contributed by atoms with Gasteiger partial charge in [0.2, 0.25) is 0 Å². The molecule has 2 rings (SSSR count). The van der Waals surface area contributed by atoms with E-state index in [4.69, 9.17) is 9.15 Å². The normalized spacial score (nSPS) is 22.0. The van der Waals surface area contributed by atoms with Crippen molar-refractivity contribution in [1.29, 1.82) is 0 Å². The lowest BCUT2D eigenvalue weighted by atomic mass is 10.2. The lowest BCUT2D eigenvalue weighted by Gasteiger charge is -2.20. The fourth-order valence-corrected chi connectivity index (χ4v) is 2.32. The molecule has 102 valence electrons. The summed E-state index contributed by atoms with van der Waals surface area (Å²) in [6.45, 7) is 9.97. The lowest BCUT2D eigenvalue weighted by Crippen LogP contribution is -2.29. The molecule has 1 aliphatic rings. The Balaban J connectivity index is 1.85. The highest BCUT2D eigenvalue weighted by atomic mass is 16.5. The first kappa shape index (κ1) is 13.6. The van der Waals surface area contributed by atoms with E-state index in [1.54, 1.807) is 0 Å². The highest BCUT2D eigenvalue weighted by molar-refractivity contribution is 5.12. The Hall–Kier alpha value is -0.840. The van der Waals surface area contributed by atoms with E-state index in [0.29, 0.717) is 6.10 Å². The molecule has 1 N–H and O–H groups in total. The van der Waals surface area contributed by atoms with Gasteiger partial charge < -0.3 is 14.5 Å². The van der Waals surface area contributed by atoms with Crippen molar-refractivity contribution in [3.8, 4) is 0 Å². The van der Waals surface area contributed by atoms with Gasteiger partial charge >= 0.3 is 0 Å². The van der Waals surface area contributed by atoms with Crippen LogP contribution in [0.25, 0.3) is 0 Å². The molecule has 0 radical (unpaired) electrons. The molecule has 2 heterocycles. The van der Waals surface area contributed by atoms with E-state index in [1.165, 1.54) is 5.56 Å². The molecular weight excluding hydrogens is 228 g/mol. The maximum atomic E-state index is 5.65. The van der Waals surface area contributed by atoms with Crippen LogP contribution in [-0.4, -0.2) is 37.2 Å². The number of hydrogen-bond acceptors (Lipinski definition) is 4. The van der Waals surface area contributed by atoms with Crippen molar-refractivity contribution in [3.63, 3.8) is 0 Å². The summed E-state index contributed by atoms with van der Waals surface area (Å²) in [7, 11) is 0. The fraction of sp³-hybridized carbons (Fsp3) is 0.714. The average Bonchev–Trinajstić information content (AvgIpc) is 2.69. The number of hydrogen-bond donors (Lipinski definition) is 1. The van der Waals surface area contributed by atoms with Crippen LogP contribution in [0.15, 0.2) is 16.7 Å². The van der Waals surface area contributed by atoms with Crippen molar-refractivity contribution in [2.75, 3.05) is 26.2 Å². The zero-order valence-corrected chi connectivity index (χ0v) is 11.4. The Kier molecular flexibility index (Phi) is 5.23. The van der Waals surface area contributed by atoms with E-state index in [1.807, 2.05) is 6.26 Å². The van der Waals surface area contributed by atoms with Crippen LogP contribution in [0, 0.1) is 0 Å². The molecule has 1 aromatic heterocycles. The molecule has 0 aliphatic carbocycles. The molecule has 1 aliphatic heterocycles. The molecule has 1 fully saturated rings. The fourth-order valence-electron chi connectivity index (χ4n) is 2.32. The molecule has 1 saturated heterocycles. The zero-order valence-electron chi connectivity index (χ0n) is 11.4. The highest BCUT2D eigenvalue weighted by Crippen LogP contribution is 2.13. The van der Waals surface area contributed by atoms with Crippen LogP contribution in [-0.2, 0) is 17.8 Å². The van der Waals surface area contributed by atoms with Gasteiger partial charge in [0.25, 0.3) is 0 Å². The van der Waals surface area contributed by atoms with E-state index < -0.39 is 0 Å². The van der Waals surface area contributed by atoms with Crippen LogP contribution in [0.1, 0.15) is 31.6 Å². The maximum Gasteiger partial charge on any atom is 0.118 e. The van der Waals surface area contributed by atoms with Crippen molar-refractivity contribution in [3.05, 3.63) is 23.7 Å². The summed E-state index contributed by atoms with van der Waals surface area (Å²) in [5.41, 5.74) is 1.23. The summed E-state index contributed by atoms with van der Waals surface area (Å²) >= 11 is 0. The van der Waals surface area contributed by atoms with Crippen LogP contribution >= 0.6 is 0 Å². The molecule has 1 aromatic rings. The van der Waals surface area contributed by atoms with E-state index in [-0.39, 0.29) is 0 Å². The van der Waals surface area contributed by atoms with Crippen molar-refractivity contribution in [2.24, 2.45) is 0 Å². The van der Waals surface area contributed by atoms with Crippen LogP contribution in [0.2, 0.25) is 0 Å². The molecule has 4 nitrogen and oxygen atoms in total. The second kappa shape index (κ2) is 6.92. The van der Waals surface area contributed by atoms with Gasteiger partial charge in [0.05, 0.1) is 18.9 Å². The Morgan fingerprint density at radius 1 is 1.50 bits per heavy atom. The van der Waals surface area contributed by atoms with Gasteiger partial charge in [-0.2, -0.15) is 0 Å². The number of nitrogens with zero attached hydrogens (tertiary/aromatic N) is 1. The molecule has 0 aromatic carbocycles. The second-order valence-corrected chi connectivity index (χ2v) is 4.97. The molecule has 0 spiro atoms. The van der Waals surface area contributed by atoms with Gasteiger partial charge in [-0.1, -0.05) is 6.92 Å². The van der Waals surface area contributed by atoms with E-state index in [9.17, 15) is 0 Å². The van der Waals surface area contributed by atoms with E-state index in [2.05, 4.69) is 30.1 Å². The highest BCUT2D eigenvalue weighted by Gasteiger charge is 2.16. The molecule has 0 saturated carbocycles. The Labute approximate surface area is 109 Å². The number of ether oxygens (including phenoxy) is 1. The molecule has 1 atom stereocenters. The third-order valence-corrected chi connectivity index (χ3v) is 3.20. The minimum absolute atomic E-state index is 0.323. The van der Waals surface area contributed by atoms with Crippen LogP contribution < -0.4 is 5.32 Å². The average molecular weight is 252 g/mol. The first-order valence-corrected chi connectivity index (χ1v) is 6.89. The largest absolute Gasteiger partial charge is 0.468 e. The summed E-state index contributed by atoms with van der Waals surface area (Å²) in [5, 5.41) is 3.30. The van der Waals surface area contributed by atoms with Gasteiger partial charge in [-0.25, -0.2) is 0 Å². The van der Waals surface area contributed by atoms with E-state index >= 15 is 0 Å². The van der Waals surface area contributed by atoms with Gasteiger partial charge in [0.15, 0.2) is 0 Å². The SMILES string of the molecule is CCNCc1coc(CN2CCCOC(C)C2)c1. The quantitative estimate of drug-likeness (QED) is 0.870. The Morgan fingerprint density at radius 3 is 3.22 bits per heavy atom. The maximum absolute atomic E-state index is 5.65. The number of nitrogens with one attached hydrogen (secondary N) is 1. The third kappa shape index (κ3) is 4.12. The van der Waals surface area contributed by atoms with Crippen LogP contribution in [0.3, 0.4) is 0 Å². The lowest BCUT2D eigenvalue weighted by molar-refractivity contribution is 0.0659. The number of rotatable bonds is 5. The molecule has 18 heavy (non-hydrogen) atoms. The molecule has 0 amide bonds. The summed E-state index contributed by atoms with van der Waals surface area (Å²) in [6, 6.07) is 2.15. The Bertz CT molecular complexity index is 351. The smallest absolute Gasteiger partial charge is 0.118 e. The van der Waals surface area contributed by atoms with Crippen molar-refractivity contribution >= 4 is 0 Å². The zero-order chi connectivity index (χ0) is 12.8. The number of furan rings is 1.